The Hall–Kier alpha value is -1.43. The fourth-order valence-electron chi connectivity index (χ4n) is 1.28. The second-order valence-corrected chi connectivity index (χ2v) is 4.03. The minimum absolute atomic E-state index is 0.257. The van der Waals surface area contributed by atoms with E-state index in [0.29, 0.717) is 0 Å². The van der Waals surface area contributed by atoms with Gasteiger partial charge in [-0.2, -0.15) is 0 Å². The second-order valence-electron chi connectivity index (χ2n) is 3.17. The first-order chi connectivity index (χ1) is 7.09. The van der Waals surface area contributed by atoms with Crippen LogP contribution in [0.5, 0.6) is 0 Å². The van der Waals surface area contributed by atoms with Gasteiger partial charge in [-0.05, 0) is 22.9 Å². The summed E-state index contributed by atoms with van der Waals surface area (Å²) < 4.78 is 2.76. The fraction of sp³-hybridized carbons (Fsp3) is 0.222. The number of imidazole rings is 1. The molecule has 0 aliphatic carbocycles. The highest BCUT2D eigenvalue weighted by Gasteiger charge is 2.11. The van der Waals surface area contributed by atoms with Crippen molar-refractivity contribution < 1.29 is 0 Å². The standard InChI is InChI=1S/C9H10BrN5/c1-5-12-4-7(15(5)2)8-6(10)3-13-9(11)14-8/h3-4H,1-2H3,(H2,11,13,14). The number of nitrogens with zero attached hydrogens (tertiary/aromatic N) is 4. The Balaban J connectivity index is 2.63. The molecule has 0 aliphatic heterocycles. The minimum atomic E-state index is 0.257. The predicted molar refractivity (Wildman–Crippen MR) is 61.1 cm³/mol. The molecule has 15 heavy (non-hydrogen) atoms. The van der Waals surface area contributed by atoms with Gasteiger partial charge in [-0.3, -0.25) is 0 Å². The first kappa shape index (κ1) is 10.1. The molecule has 2 heterocycles. The van der Waals surface area contributed by atoms with Crippen LogP contribution in [0.15, 0.2) is 16.9 Å². The van der Waals surface area contributed by atoms with Crippen molar-refractivity contribution in [2.45, 2.75) is 6.92 Å². The molecule has 0 radical (unpaired) electrons. The summed E-state index contributed by atoms with van der Waals surface area (Å²) in [7, 11) is 1.93. The van der Waals surface area contributed by atoms with Crippen molar-refractivity contribution in [2.75, 3.05) is 5.73 Å². The van der Waals surface area contributed by atoms with Crippen LogP contribution in [0.1, 0.15) is 5.82 Å². The van der Waals surface area contributed by atoms with Gasteiger partial charge < -0.3 is 10.3 Å². The molecule has 0 amide bonds. The lowest BCUT2D eigenvalue weighted by atomic mass is 10.3. The zero-order valence-corrected chi connectivity index (χ0v) is 9.98. The molecular formula is C9H10BrN5. The van der Waals surface area contributed by atoms with E-state index in [-0.39, 0.29) is 5.95 Å². The van der Waals surface area contributed by atoms with Crippen LogP contribution in [0.2, 0.25) is 0 Å². The first-order valence-electron chi connectivity index (χ1n) is 4.36. The number of hydrogen-bond donors (Lipinski definition) is 1. The van der Waals surface area contributed by atoms with Crippen molar-refractivity contribution in [1.82, 2.24) is 19.5 Å². The number of aromatic nitrogens is 4. The van der Waals surface area contributed by atoms with Crippen molar-refractivity contribution in [3.63, 3.8) is 0 Å². The molecule has 0 saturated carbocycles. The molecule has 0 bridgehead atoms. The summed E-state index contributed by atoms with van der Waals surface area (Å²) in [6.45, 7) is 1.93. The highest BCUT2D eigenvalue weighted by Crippen LogP contribution is 2.25. The van der Waals surface area contributed by atoms with Gasteiger partial charge in [0, 0.05) is 13.2 Å². The van der Waals surface area contributed by atoms with Crippen LogP contribution in [-0.2, 0) is 7.05 Å². The molecule has 2 aromatic heterocycles. The van der Waals surface area contributed by atoms with Gasteiger partial charge in [0.15, 0.2) is 0 Å². The third-order valence-corrected chi connectivity index (χ3v) is 2.81. The largest absolute Gasteiger partial charge is 0.368 e. The average Bonchev–Trinajstić information content (AvgIpc) is 2.52. The number of hydrogen-bond acceptors (Lipinski definition) is 4. The van der Waals surface area contributed by atoms with E-state index in [1.807, 2.05) is 18.5 Å². The second kappa shape index (κ2) is 3.62. The molecule has 0 unspecified atom stereocenters. The van der Waals surface area contributed by atoms with Crippen molar-refractivity contribution in [1.29, 1.82) is 0 Å². The van der Waals surface area contributed by atoms with E-state index in [2.05, 4.69) is 30.9 Å². The summed E-state index contributed by atoms with van der Waals surface area (Å²) in [6.07, 6.45) is 3.40. The van der Waals surface area contributed by atoms with E-state index >= 15 is 0 Å². The fourth-order valence-corrected chi connectivity index (χ4v) is 1.68. The number of nitrogen functional groups attached to an aromatic ring is 1. The Morgan fingerprint density at radius 3 is 2.67 bits per heavy atom. The van der Waals surface area contributed by atoms with Crippen LogP contribution in [0.25, 0.3) is 11.4 Å². The van der Waals surface area contributed by atoms with Crippen molar-refractivity contribution in [2.24, 2.45) is 7.05 Å². The highest BCUT2D eigenvalue weighted by atomic mass is 79.9. The SMILES string of the molecule is Cc1ncc(-c2nc(N)ncc2Br)n1C. The van der Waals surface area contributed by atoms with Crippen LogP contribution in [0, 0.1) is 6.92 Å². The lowest BCUT2D eigenvalue weighted by Crippen LogP contribution is -2.00. The molecule has 0 fully saturated rings. The zero-order valence-electron chi connectivity index (χ0n) is 8.40. The van der Waals surface area contributed by atoms with Crippen molar-refractivity contribution in [3.05, 3.63) is 22.7 Å². The van der Waals surface area contributed by atoms with E-state index in [1.165, 1.54) is 0 Å². The highest BCUT2D eigenvalue weighted by molar-refractivity contribution is 9.10. The van der Waals surface area contributed by atoms with Gasteiger partial charge >= 0.3 is 0 Å². The maximum atomic E-state index is 5.55. The van der Waals surface area contributed by atoms with Crippen LogP contribution in [0.3, 0.4) is 0 Å². The molecule has 2 aromatic rings. The van der Waals surface area contributed by atoms with Gasteiger partial charge in [-0.1, -0.05) is 0 Å². The Morgan fingerprint density at radius 2 is 2.07 bits per heavy atom. The average molecular weight is 268 g/mol. The van der Waals surface area contributed by atoms with E-state index in [0.717, 1.165) is 21.7 Å². The Kier molecular flexibility index (Phi) is 2.44. The summed E-state index contributed by atoms with van der Waals surface area (Å²) in [5.74, 6) is 1.18. The smallest absolute Gasteiger partial charge is 0.220 e. The molecule has 6 heteroatoms. The molecular weight excluding hydrogens is 258 g/mol. The van der Waals surface area contributed by atoms with Gasteiger partial charge in [0.2, 0.25) is 5.95 Å². The van der Waals surface area contributed by atoms with Crippen molar-refractivity contribution >= 4 is 21.9 Å². The lowest BCUT2D eigenvalue weighted by Gasteiger charge is -2.05. The van der Waals surface area contributed by atoms with Gasteiger partial charge in [0.1, 0.15) is 11.5 Å². The number of halogens is 1. The quantitative estimate of drug-likeness (QED) is 0.851. The monoisotopic (exact) mass is 267 g/mol. The van der Waals surface area contributed by atoms with Crippen LogP contribution < -0.4 is 5.73 Å². The van der Waals surface area contributed by atoms with Crippen LogP contribution in [0.4, 0.5) is 5.95 Å². The van der Waals surface area contributed by atoms with Crippen LogP contribution in [-0.4, -0.2) is 19.5 Å². The summed E-state index contributed by atoms with van der Waals surface area (Å²) in [5, 5.41) is 0. The van der Waals surface area contributed by atoms with E-state index in [4.69, 9.17) is 5.73 Å². The summed E-state index contributed by atoms with van der Waals surface area (Å²) in [5.41, 5.74) is 7.21. The molecule has 0 aliphatic rings. The van der Waals surface area contributed by atoms with Gasteiger partial charge in [0.25, 0.3) is 0 Å². The Labute approximate surface area is 95.5 Å². The predicted octanol–water partition coefficient (Wildman–Crippen LogP) is 1.53. The van der Waals surface area contributed by atoms with Crippen LogP contribution >= 0.6 is 15.9 Å². The maximum absolute atomic E-state index is 5.55. The molecule has 2 rings (SSSR count). The zero-order chi connectivity index (χ0) is 11.0. The molecule has 78 valence electrons. The summed E-state index contributed by atoms with van der Waals surface area (Å²) in [4.78, 5) is 12.3. The topological polar surface area (TPSA) is 69.6 Å². The minimum Gasteiger partial charge on any atom is -0.368 e. The molecule has 2 N–H and O–H groups in total. The normalized spacial score (nSPS) is 10.6. The van der Waals surface area contributed by atoms with E-state index < -0.39 is 0 Å². The first-order valence-corrected chi connectivity index (χ1v) is 5.15. The lowest BCUT2D eigenvalue weighted by molar-refractivity contribution is 0.860. The van der Waals surface area contributed by atoms with Crippen molar-refractivity contribution in [3.8, 4) is 11.4 Å². The van der Waals surface area contributed by atoms with E-state index in [1.54, 1.807) is 12.4 Å². The Morgan fingerprint density at radius 1 is 1.33 bits per heavy atom. The molecule has 0 spiro atoms. The number of rotatable bonds is 1. The maximum Gasteiger partial charge on any atom is 0.220 e. The number of nitrogens with two attached hydrogens (primary N) is 1. The van der Waals surface area contributed by atoms with Gasteiger partial charge in [-0.15, -0.1) is 0 Å². The van der Waals surface area contributed by atoms with E-state index in [9.17, 15) is 0 Å². The van der Waals surface area contributed by atoms with Gasteiger partial charge in [-0.25, -0.2) is 15.0 Å². The summed E-state index contributed by atoms with van der Waals surface area (Å²) in [6, 6.07) is 0. The summed E-state index contributed by atoms with van der Waals surface area (Å²) >= 11 is 3.39. The number of anilines is 1. The number of aryl methyl sites for hydroxylation is 1. The third-order valence-electron chi connectivity index (χ3n) is 2.23. The Bertz CT molecular complexity index is 505. The molecule has 0 aromatic carbocycles. The molecule has 5 nitrogen and oxygen atoms in total. The molecule has 0 saturated heterocycles. The third kappa shape index (κ3) is 1.72. The molecule has 0 atom stereocenters. The van der Waals surface area contributed by atoms with Gasteiger partial charge in [0.05, 0.1) is 16.4 Å².